The lowest BCUT2D eigenvalue weighted by atomic mass is 10.1. The number of amides is 1. The number of nitrogens with one attached hydrogen (secondary N) is 1. The standard InChI is InChI=1S/C28H24N4OS/c1-19-15-16-20(2)25(17-19)32-27(22-10-4-3-5-11-22)30-31-28(32)34-18-26(33)29-24-14-8-12-21-9-6-7-13-23(21)24/h3-17H,18H2,1-2H3,(H,29,33). The van der Waals surface area contributed by atoms with Crippen molar-refractivity contribution in [1.82, 2.24) is 14.8 Å². The maximum atomic E-state index is 12.9. The lowest BCUT2D eigenvalue weighted by Gasteiger charge is -2.14. The Balaban J connectivity index is 1.44. The number of aromatic nitrogens is 3. The zero-order valence-electron chi connectivity index (χ0n) is 19.0. The van der Waals surface area contributed by atoms with E-state index in [-0.39, 0.29) is 11.7 Å². The molecule has 0 saturated carbocycles. The topological polar surface area (TPSA) is 59.8 Å². The van der Waals surface area contributed by atoms with Gasteiger partial charge in [-0.2, -0.15) is 0 Å². The van der Waals surface area contributed by atoms with Gasteiger partial charge in [-0.1, -0.05) is 90.6 Å². The highest BCUT2D eigenvalue weighted by molar-refractivity contribution is 7.99. The molecule has 0 aliphatic carbocycles. The van der Waals surface area contributed by atoms with Crippen LogP contribution in [-0.2, 0) is 4.79 Å². The number of hydrogen-bond acceptors (Lipinski definition) is 4. The van der Waals surface area contributed by atoms with Crippen LogP contribution in [0.3, 0.4) is 0 Å². The van der Waals surface area contributed by atoms with E-state index in [4.69, 9.17) is 0 Å². The molecule has 6 heteroatoms. The number of benzene rings is 4. The monoisotopic (exact) mass is 464 g/mol. The van der Waals surface area contributed by atoms with E-state index in [0.717, 1.165) is 44.7 Å². The van der Waals surface area contributed by atoms with Gasteiger partial charge < -0.3 is 5.32 Å². The van der Waals surface area contributed by atoms with Gasteiger partial charge in [0, 0.05) is 16.6 Å². The highest BCUT2D eigenvalue weighted by Crippen LogP contribution is 2.30. The van der Waals surface area contributed by atoms with Crippen LogP contribution >= 0.6 is 11.8 Å². The van der Waals surface area contributed by atoms with Crippen LogP contribution in [-0.4, -0.2) is 26.4 Å². The van der Waals surface area contributed by atoms with E-state index in [1.165, 1.54) is 11.8 Å². The Morgan fingerprint density at radius 2 is 1.65 bits per heavy atom. The fraction of sp³-hybridized carbons (Fsp3) is 0.107. The minimum absolute atomic E-state index is 0.0851. The molecule has 0 atom stereocenters. The molecule has 1 heterocycles. The van der Waals surface area contributed by atoms with Gasteiger partial charge in [0.2, 0.25) is 5.91 Å². The van der Waals surface area contributed by atoms with Crippen LogP contribution in [0.4, 0.5) is 5.69 Å². The Kier molecular flexibility index (Phi) is 6.14. The molecule has 0 aliphatic heterocycles. The molecule has 5 nitrogen and oxygen atoms in total. The Morgan fingerprint density at radius 3 is 2.50 bits per heavy atom. The van der Waals surface area contributed by atoms with Gasteiger partial charge in [0.1, 0.15) is 0 Å². The summed E-state index contributed by atoms with van der Waals surface area (Å²) < 4.78 is 2.05. The molecule has 34 heavy (non-hydrogen) atoms. The highest BCUT2D eigenvalue weighted by Gasteiger charge is 2.19. The van der Waals surface area contributed by atoms with Gasteiger partial charge in [-0.05, 0) is 42.5 Å². The average Bonchev–Trinajstić information content (AvgIpc) is 3.29. The molecule has 1 N–H and O–H groups in total. The van der Waals surface area contributed by atoms with Gasteiger partial charge in [0.15, 0.2) is 11.0 Å². The van der Waals surface area contributed by atoms with E-state index in [9.17, 15) is 4.79 Å². The Bertz CT molecular complexity index is 1470. The third kappa shape index (κ3) is 4.45. The van der Waals surface area contributed by atoms with E-state index >= 15 is 0 Å². The SMILES string of the molecule is Cc1ccc(C)c(-n2c(SCC(=O)Nc3cccc4ccccc34)nnc2-c2ccccc2)c1. The fourth-order valence-corrected chi connectivity index (χ4v) is 4.71. The van der Waals surface area contributed by atoms with Crippen molar-refractivity contribution < 1.29 is 4.79 Å². The number of rotatable bonds is 6. The van der Waals surface area contributed by atoms with Gasteiger partial charge in [-0.3, -0.25) is 9.36 Å². The molecule has 0 aliphatic rings. The predicted molar refractivity (Wildman–Crippen MR) is 140 cm³/mol. The highest BCUT2D eigenvalue weighted by atomic mass is 32.2. The van der Waals surface area contributed by atoms with Crippen LogP contribution in [0.2, 0.25) is 0 Å². The van der Waals surface area contributed by atoms with Crippen molar-refractivity contribution >= 4 is 34.1 Å². The van der Waals surface area contributed by atoms with Crippen LogP contribution in [0.15, 0.2) is 96.2 Å². The first-order valence-electron chi connectivity index (χ1n) is 11.1. The molecule has 4 aromatic carbocycles. The molecule has 5 aromatic rings. The Morgan fingerprint density at radius 1 is 0.882 bits per heavy atom. The summed E-state index contributed by atoms with van der Waals surface area (Å²) in [6.07, 6.45) is 0. The molecular formula is C28H24N4OS. The first kappa shape index (κ1) is 21.9. The van der Waals surface area contributed by atoms with Crippen LogP contribution in [0.1, 0.15) is 11.1 Å². The average molecular weight is 465 g/mol. The van der Waals surface area contributed by atoms with Crippen molar-refractivity contribution in [3.8, 4) is 17.1 Å². The van der Waals surface area contributed by atoms with E-state index in [2.05, 4.69) is 47.6 Å². The molecule has 0 spiro atoms. The minimum Gasteiger partial charge on any atom is -0.325 e. The second-order valence-electron chi connectivity index (χ2n) is 8.16. The summed E-state index contributed by atoms with van der Waals surface area (Å²) in [5.41, 5.74) is 5.07. The predicted octanol–water partition coefficient (Wildman–Crippen LogP) is 6.44. The van der Waals surface area contributed by atoms with Crippen LogP contribution in [0.5, 0.6) is 0 Å². The number of fused-ring (bicyclic) bond motifs is 1. The first-order chi connectivity index (χ1) is 16.6. The number of thioether (sulfide) groups is 1. The summed E-state index contributed by atoms with van der Waals surface area (Å²) in [7, 11) is 0. The van der Waals surface area contributed by atoms with E-state index in [1.54, 1.807) is 0 Å². The zero-order chi connectivity index (χ0) is 23.5. The minimum atomic E-state index is -0.0851. The van der Waals surface area contributed by atoms with Crippen LogP contribution in [0, 0.1) is 13.8 Å². The molecule has 0 saturated heterocycles. The van der Waals surface area contributed by atoms with Gasteiger partial charge in [0.25, 0.3) is 0 Å². The molecule has 0 radical (unpaired) electrons. The van der Waals surface area contributed by atoms with Crippen LogP contribution in [0.25, 0.3) is 27.8 Å². The quantitative estimate of drug-likeness (QED) is 0.294. The molecule has 168 valence electrons. The van der Waals surface area contributed by atoms with E-state index in [0.29, 0.717) is 5.16 Å². The van der Waals surface area contributed by atoms with Gasteiger partial charge in [0.05, 0.1) is 11.4 Å². The van der Waals surface area contributed by atoms with Gasteiger partial charge in [-0.25, -0.2) is 0 Å². The maximum Gasteiger partial charge on any atom is 0.234 e. The Labute approximate surface area is 202 Å². The van der Waals surface area contributed by atoms with Crippen molar-refractivity contribution in [2.24, 2.45) is 0 Å². The maximum absolute atomic E-state index is 12.9. The zero-order valence-corrected chi connectivity index (χ0v) is 19.8. The van der Waals surface area contributed by atoms with Crippen LogP contribution < -0.4 is 5.32 Å². The number of carbonyl (C=O) groups is 1. The summed E-state index contributed by atoms with van der Waals surface area (Å²) in [4.78, 5) is 12.9. The van der Waals surface area contributed by atoms with E-state index < -0.39 is 0 Å². The third-order valence-corrected chi connectivity index (χ3v) is 6.60. The van der Waals surface area contributed by atoms with Crippen molar-refractivity contribution in [2.75, 3.05) is 11.1 Å². The van der Waals surface area contributed by atoms with Gasteiger partial charge in [-0.15, -0.1) is 10.2 Å². The fourth-order valence-electron chi connectivity index (χ4n) is 3.97. The number of anilines is 1. The number of carbonyl (C=O) groups excluding carboxylic acids is 1. The lowest BCUT2D eigenvalue weighted by Crippen LogP contribution is -2.15. The van der Waals surface area contributed by atoms with E-state index in [1.807, 2.05) is 77.4 Å². The number of nitrogens with zero attached hydrogens (tertiary/aromatic N) is 3. The summed E-state index contributed by atoms with van der Waals surface area (Å²) >= 11 is 1.38. The largest absolute Gasteiger partial charge is 0.325 e. The summed E-state index contributed by atoms with van der Waals surface area (Å²) in [6, 6.07) is 30.3. The number of hydrogen-bond donors (Lipinski definition) is 1. The smallest absolute Gasteiger partial charge is 0.234 e. The molecule has 1 aromatic heterocycles. The van der Waals surface area contributed by atoms with Crippen molar-refractivity contribution in [3.63, 3.8) is 0 Å². The molecular weight excluding hydrogens is 440 g/mol. The lowest BCUT2D eigenvalue weighted by molar-refractivity contribution is -0.113. The molecule has 0 unspecified atom stereocenters. The van der Waals surface area contributed by atoms with Crippen molar-refractivity contribution in [1.29, 1.82) is 0 Å². The normalized spacial score (nSPS) is 11.0. The summed E-state index contributed by atoms with van der Waals surface area (Å²) in [5, 5.41) is 14.8. The molecule has 5 rings (SSSR count). The van der Waals surface area contributed by atoms with Gasteiger partial charge >= 0.3 is 0 Å². The summed E-state index contributed by atoms with van der Waals surface area (Å²) in [5.74, 6) is 0.894. The second-order valence-corrected chi connectivity index (χ2v) is 9.10. The van der Waals surface area contributed by atoms with Crippen molar-refractivity contribution in [3.05, 3.63) is 102 Å². The molecule has 1 amide bonds. The molecule has 0 fully saturated rings. The second kappa shape index (κ2) is 9.53. The first-order valence-corrected chi connectivity index (χ1v) is 12.1. The number of aryl methyl sites for hydroxylation is 2. The molecule has 0 bridgehead atoms. The Hall–Kier alpha value is -3.90. The van der Waals surface area contributed by atoms with Crippen molar-refractivity contribution in [2.45, 2.75) is 19.0 Å². The third-order valence-electron chi connectivity index (χ3n) is 5.67. The summed E-state index contributed by atoms with van der Waals surface area (Å²) in [6.45, 7) is 4.14.